The fourth-order valence-electron chi connectivity index (χ4n) is 3.12. The monoisotopic (exact) mass is 425 g/mol. The van der Waals surface area contributed by atoms with Crippen LogP contribution in [0.2, 0.25) is 0 Å². The Kier molecular flexibility index (Phi) is 4.79. The van der Waals surface area contributed by atoms with Crippen LogP contribution in [0, 0.1) is 6.92 Å². The third-order valence-corrected chi connectivity index (χ3v) is 4.68. The molecule has 0 saturated heterocycles. The molecule has 4 aromatic rings. The van der Waals surface area contributed by atoms with Gasteiger partial charge in [-0.25, -0.2) is 28.2 Å². The standard InChI is InChI=1S/C18H16F5N7/c1-9(18(21,22)23)26-17-25-7-14-12(3-4-30(14)28-17)11-5-13-16(24-6-11)27-10(2)29(13)8-15(19)20/h3-7,9,15H,8H2,1-2H3,(H,26,28)/t9-/m1/s1. The minimum absolute atomic E-state index is 0.173. The molecule has 0 fully saturated rings. The molecule has 0 aliphatic heterocycles. The smallest absolute Gasteiger partial charge is 0.341 e. The van der Waals surface area contributed by atoms with Crippen LogP contribution in [0.3, 0.4) is 0 Å². The minimum Gasteiger partial charge on any atom is -0.341 e. The summed E-state index contributed by atoms with van der Waals surface area (Å²) in [5.74, 6) is 0.253. The molecule has 7 nitrogen and oxygen atoms in total. The molecule has 1 atom stereocenters. The number of imidazole rings is 1. The maximum Gasteiger partial charge on any atom is 0.408 e. The highest BCUT2D eigenvalue weighted by molar-refractivity contribution is 5.85. The first kappa shape index (κ1) is 20.0. The zero-order valence-corrected chi connectivity index (χ0v) is 15.8. The van der Waals surface area contributed by atoms with Crippen molar-refractivity contribution in [1.29, 1.82) is 0 Å². The van der Waals surface area contributed by atoms with E-state index in [0.717, 1.165) is 6.92 Å². The van der Waals surface area contributed by atoms with Gasteiger partial charge >= 0.3 is 6.18 Å². The topological polar surface area (TPSA) is 72.9 Å². The molecular formula is C18H16F5N7. The summed E-state index contributed by atoms with van der Waals surface area (Å²) in [6.07, 6.45) is -2.46. The van der Waals surface area contributed by atoms with Gasteiger partial charge in [-0.1, -0.05) is 0 Å². The molecule has 0 unspecified atom stereocenters. The predicted molar refractivity (Wildman–Crippen MR) is 99.4 cm³/mol. The third-order valence-electron chi connectivity index (χ3n) is 4.68. The number of halogens is 5. The molecule has 1 N–H and O–H groups in total. The van der Waals surface area contributed by atoms with E-state index in [2.05, 4.69) is 25.4 Å². The Morgan fingerprint density at radius 3 is 2.60 bits per heavy atom. The van der Waals surface area contributed by atoms with Crippen LogP contribution in [-0.4, -0.2) is 47.8 Å². The molecule has 0 aliphatic carbocycles. The van der Waals surface area contributed by atoms with Crippen LogP contribution in [0.25, 0.3) is 27.8 Å². The molecule has 12 heteroatoms. The summed E-state index contributed by atoms with van der Waals surface area (Å²) in [6, 6.07) is 1.58. The maximum atomic E-state index is 12.9. The van der Waals surface area contributed by atoms with Gasteiger partial charge < -0.3 is 9.88 Å². The van der Waals surface area contributed by atoms with E-state index in [4.69, 9.17) is 0 Å². The van der Waals surface area contributed by atoms with Crippen LogP contribution in [0.4, 0.5) is 27.9 Å². The van der Waals surface area contributed by atoms with Gasteiger partial charge in [0.25, 0.3) is 6.43 Å². The zero-order valence-electron chi connectivity index (χ0n) is 15.8. The second-order valence-electron chi connectivity index (χ2n) is 6.78. The molecule has 0 bridgehead atoms. The molecule has 0 radical (unpaired) electrons. The minimum atomic E-state index is -4.43. The number of aryl methyl sites for hydroxylation is 1. The Balaban J connectivity index is 1.72. The molecule has 4 aromatic heterocycles. The van der Waals surface area contributed by atoms with Crippen LogP contribution >= 0.6 is 0 Å². The molecule has 0 amide bonds. The number of rotatable bonds is 5. The zero-order chi connectivity index (χ0) is 21.6. The quantitative estimate of drug-likeness (QED) is 0.488. The van der Waals surface area contributed by atoms with Gasteiger partial charge in [0.05, 0.1) is 23.8 Å². The summed E-state index contributed by atoms with van der Waals surface area (Å²) in [5.41, 5.74) is 2.61. The Morgan fingerprint density at radius 1 is 1.13 bits per heavy atom. The molecular weight excluding hydrogens is 409 g/mol. The number of hydrogen-bond acceptors (Lipinski definition) is 5. The summed E-state index contributed by atoms with van der Waals surface area (Å²) in [4.78, 5) is 12.4. The number of aromatic nitrogens is 6. The largest absolute Gasteiger partial charge is 0.408 e. The summed E-state index contributed by atoms with van der Waals surface area (Å²) in [7, 11) is 0. The Bertz CT molecular complexity index is 1210. The number of fused-ring (bicyclic) bond motifs is 2. The third kappa shape index (κ3) is 3.64. The lowest BCUT2D eigenvalue weighted by atomic mass is 10.1. The first-order chi connectivity index (χ1) is 14.1. The van der Waals surface area contributed by atoms with Crippen LogP contribution in [0.15, 0.2) is 30.7 Å². The van der Waals surface area contributed by atoms with E-state index in [1.165, 1.54) is 15.3 Å². The molecule has 4 heterocycles. The molecule has 0 saturated carbocycles. The fourth-order valence-corrected chi connectivity index (χ4v) is 3.12. The molecule has 0 aromatic carbocycles. The van der Waals surface area contributed by atoms with Crippen LogP contribution < -0.4 is 5.32 Å². The van der Waals surface area contributed by atoms with E-state index in [9.17, 15) is 22.0 Å². The lowest BCUT2D eigenvalue weighted by Gasteiger charge is -2.16. The van der Waals surface area contributed by atoms with Crippen LogP contribution in [-0.2, 0) is 6.54 Å². The highest BCUT2D eigenvalue weighted by atomic mass is 19.4. The molecule has 0 spiro atoms. The van der Waals surface area contributed by atoms with Crippen molar-refractivity contribution >= 4 is 22.6 Å². The van der Waals surface area contributed by atoms with Crippen molar-refractivity contribution in [2.45, 2.75) is 39.0 Å². The Morgan fingerprint density at radius 2 is 1.90 bits per heavy atom. The summed E-state index contributed by atoms with van der Waals surface area (Å²) < 4.78 is 66.8. The number of nitrogens with zero attached hydrogens (tertiary/aromatic N) is 6. The Hall–Kier alpha value is -3.31. The second kappa shape index (κ2) is 7.18. The predicted octanol–water partition coefficient (Wildman–Crippen LogP) is 4.08. The lowest BCUT2D eigenvalue weighted by molar-refractivity contribution is -0.138. The van der Waals surface area contributed by atoms with Gasteiger partial charge in [-0.15, -0.1) is 5.10 Å². The van der Waals surface area contributed by atoms with Gasteiger partial charge in [0.15, 0.2) is 5.65 Å². The molecule has 4 rings (SSSR count). The number of anilines is 1. The van der Waals surface area contributed by atoms with E-state index < -0.39 is 25.2 Å². The van der Waals surface area contributed by atoms with Gasteiger partial charge in [0.2, 0.25) is 5.95 Å². The van der Waals surface area contributed by atoms with Crippen molar-refractivity contribution in [2.75, 3.05) is 5.32 Å². The van der Waals surface area contributed by atoms with E-state index in [1.54, 1.807) is 31.5 Å². The van der Waals surface area contributed by atoms with Crippen molar-refractivity contribution in [3.05, 3.63) is 36.5 Å². The van der Waals surface area contributed by atoms with Crippen molar-refractivity contribution in [2.24, 2.45) is 0 Å². The maximum absolute atomic E-state index is 12.9. The molecule has 158 valence electrons. The highest BCUT2D eigenvalue weighted by Crippen LogP contribution is 2.28. The first-order valence-electron chi connectivity index (χ1n) is 8.92. The van der Waals surface area contributed by atoms with Crippen molar-refractivity contribution in [1.82, 2.24) is 29.1 Å². The van der Waals surface area contributed by atoms with Gasteiger partial charge in [-0.2, -0.15) is 13.2 Å². The van der Waals surface area contributed by atoms with Gasteiger partial charge in [-0.05, 0) is 26.0 Å². The number of nitrogens with one attached hydrogen (secondary N) is 1. The number of hydrogen-bond donors (Lipinski definition) is 1. The fraction of sp³-hybridized carbons (Fsp3) is 0.333. The van der Waals surface area contributed by atoms with Gasteiger partial charge in [-0.3, -0.25) is 0 Å². The number of alkyl halides is 5. The van der Waals surface area contributed by atoms with E-state index >= 15 is 0 Å². The van der Waals surface area contributed by atoms with E-state index in [1.807, 2.05) is 0 Å². The van der Waals surface area contributed by atoms with Crippen molar-refractivity contribution in [3.63, 3.8) is 0 Å². The molecule has 30 heavy (non-hydrogen) atoms. The van der Waals surface area contributed by atoms with Gasteiger partial charge in [0.1, 0.15) is 11.9 Å². The van der Waals surface area contributed by atoms with E-state index in [0.29, 0.717) is 33.6 Å². The highest BCUT2D eigenvalue weighted by Gasteiger charge is 2.36. The van der Waals surface area contributed by atoms with Crippen LogP contribution in [0.5, 0.6) is 0 Å². The lowest BCUT2D eigenvalue weighted by Crippen LogP contribution is -2.33. The van der Waals surface area contributed by atoms with Gasteiger partial charge in [0, 0.05) is 23.5 Å². The molecule has 0 aliphatic rings. The average molecular weight is 425 g/mol. The average Bonchev–Trinajstić information content (AvgIpc) is 3.21. The van der Waals surface area contributed by atoms with Crippen LogP contribution in [0.1, 0.15) is 12.7 Å². The van der Waals surface area contributed by atoms with Crippen molar-refractivity contribution < 1.29 is 22.0 Å². The SMILES string of the molecule is Cc1nc2ncc(-c3ccn4nc(N[C@H](C)C(F)(F)F)ncc34)cc2n1CC(F)F. The Labute approximate surface area is 166 Å². The number of pyridine rings is 1. The second-order valence-corrected chi connectivity index (χ2v) is 6.78. The van der Waals surface area contributed by atoms with Crippen molar-refractivity contribution in [3.8, 4) is 11.1 Å². The first-order valence-corrected chi connectivity index (χ1v) is 8.92. The summed E-state index contributed by atoms with van der Waals surface area (Å²) >= 11 is 0. The van der Waals surface area contributed by atoms with E-state index in [-0.39, 0.29) is 5.95 Å². The summed E-state index contributed by atoms with van der Waals surface area (Å²) in [6.45, 7) is 2.10. The summed E-state index contributed by atoms with van der Waals surface area (Å²) in [5, 5.41) is 6.27. The normalized spacial score (nSPS) is 13.5.